The van der Waals surface area contributed by atoms with Gasteiger partial charge in [0.25, 0.3) is 0 Å². The third kappa shape index (κ3) is 9.71. The predicted octanol–water partition coefficient (Wildman–Crippen LogP) is 4.77. The van der Waals surface area contributed by atoms with E-state index in [1.807, 2.05) is 18.2 Å². The van der Waals surface area contributed by atoms with Gasteiger partial charge in [0.2, 0.25) is 5.91 Å². The first-order valence-corrected chi connectivity index (χ1v) is 9.79. The Balaban J connectivity index is 2.03. The van der Waals surface area contributed by atoms with Crippen molar-refractivity contribution >= 4 is 5.91 Å². The Bertz CT molecular complexity index is 419. The lowest BCUT2D eigenvalue weighted by molar-refractivity contribution is -0.121. The summed E-state index contributed by atoms with van der Waals surface area (Å²) in [7, 11) is 0. The van der Waals surface area contributed by atoms with Crippen LogP contribution in [0.3, 0.4) is 0 Å². The number of carbonyl (C=O) groups excluding carboxylic acids is 1. The zero-order valence-electron chi connectivity index (χ0n) is 15.4. The summed E-state index contributed by atoms with van der Waals surface area (Å²) in [6.45, 7) is 3.44. The van der Waals surface area contributed by atoms with Gasteiger partial charge in [0.15, 0.2) is 0 Å². The Labute approximate surface area is 148 Å². The van der Waals surface area contributed by atoms with Gasteiger partial charge in [0.05, 0.1) is 0 Å². The lowest BCUT2D eigenvalue weighted by atomic mass is 9.99. The van der Waals surface area contributed by atoms with Crippen LogP contribution in [-0.2, 0) is 4.79 Å². The first-order valence-electron chi connectivity index (χ1n) is 9.79. The Morgan fingerprint density at radius 3 is 2.12 bits per heavy atom. The second-order valence-corrected chi connectivity index (χ2v) is 6.73. The molecule has 1 aromatic rings. The molecule has 3 heteroatoms. The molecular formula is C21H36N2O. The normalized spacial score (nSPS) is 12.1. The summed E-state index contributed by atoms with van der Waals surface area (Å²) in [5.41, 5.74) is 7.04. The monoisotopic (exact) mass is 332 g/mol. The third-order valence-corrected chi connectivity index (χ3v) is 4.61. The van der Waals surface area contributed by atoms with Crippen molar-refractivity contribution in [2.75, 3.05) is 13.1 Å². The second kappa shape index (κ2) is 14.0. The van der Waals surface area contributed by atoms with Crippen LogP contribution in [0.2, 0.25) is 0 Å². The highest BCUT2D eigenvalue weighted by Gasteiger charge is 2.10. The average Bonchev–Trinajstić information content (AvgIpc) is 2.62. The molecule has 0 saturated carbocycles. The van der Waals surface area contributed by atoms with E-state index < -0.39 is 0 Å². The van der Waals surface area contributed by atoms with Gasteiger partial charge in [-0.05, 0) is 12.0 Å². The zero-order chi connectivity index (χ0) is 17.5. The summed E-state index contributed by atoms with van der Waals surface area (Å²) in [6, 6.07) is 10.2. The maximum atomic E-state index is 11.9. The summed E-state index contributed by atoms with van der Waals surface area (Å²) >= 11 is 0. The van der Waals surface area contributed by atoms with Crippen molar-refractivity contribution in [2.24, 2.45) is 5.73 Å². The van der Waals surface area contributed by atoms with E-state index in [-0.39, 0.29) is 11.8 Å². The minimum atomic E-state index is 0.160. The average molecular weight is 333 g/mol. The number of rotatable bonds is 14. The van der Waals surface area contributed by atoms with E-state index in [9.17, 15) is 4.79 Å². The molecule has 3 N–H and O–H groups in total. The SMILES string of the molecule is CCCCCCCCCCCC(=O)NCC(CN)c1ccccc1. The van der Waals surface area contributed by atoms with E-state index in [0.29, 0.717) is 19.5 Å². The van der Waals surface area contributed by atoms with Crippen LogP contribution in [0.25, 0.3) is 0 Å². The highest BCUT2D eigenvalue weighted by atomic mass is 16.1. The highest BCUT2D eigenvalue weighted by molar-refractivity contribution is 5.75. The maximum absolute atomic E-state index is 11.9. The zero-order valence-corrected chi connectivity index (χ0v) is 15.4. The van der Waals surface area contributed by atoms with Gasteiger partial charge < -0.3 is 11.1 Å². The van der Waals surface area contributed by atoms with Crippen molar-refractivity contribution < 1.29 is 4.79 Å². The quantitative estimate of drug-likeness (QED) is 0.482. The first-order chi connectivity index (χ1) is 11.8. The Morgan fingerprint density at radius 2 is 1.54 bits per heavy atom. The summed E-state index contributed by atoms with van der Waals surface area (Å²) in [6.07, 6.45) is 12.2. The molecule has 0 aliphatic heterocycles. The van der Waals surface area contributed by atoms with Crippen molar-refractivity contribution in [1.82, 2.24) is 5.32 Å². The van der Waals surface area contributed by atoms with Crippen LogP contribution in [-0.4, -0.2) is 19.0 Å². The van der Waals surface area contributed by atoms with E-state index in [1.165, 1.54) is 56.9 Å². The van der Waals surface area contributed by atoms with E-state index in [2.05, 4.69) is 24.4 Å². The fourth-order valence-electron chi connectivity index (χ4n) is 2.98. The minimum Gasteiger partial charge on any atom is -0.355 e. The number of benzene rings is 1. The van der Waals surface area contributed by atoms with Gasteiger partial charge in [-0.3, -0.25) is 4.79 Å². The molecule has 0 fully saturated rings. The molecule has 0 aliphatic carbocycles. The van der Waals surface area contributed by atoms with Crippen LogP contribution in [0.5, 0.6) is 0 Å². The van der Waals surface area contributed by atoms with Crippen LogP contribution < -0.4 is 11.1 Å². The molecule has 24 heavy (non-hydrogen) atoms. The van der Waals surface area contributed by atoms with Gasteiger partial charge in [-0.2, -0.15) is 0 Å². The number of hydrogen-bond donors (Lipinski definition) is 2. The molecule has 0 aromatic heterocycles. The number of nitrogens with one attached hydrogen (secondary N) is 1. The minimum absolute atomic E-state index is 0.160. The van der Waals surface area contributed by atoms with Crippen LogP contribution in [0.1, 0.15) is 82.6 Å². The number of unbranched alkanes of at least 4 members (excludes halogenated alkanes) is 8. The van der Waals surface area contributed by atoms with Crippen molar-refractivity contribution in [3.05, 3.63) is 35.9 Å². The molecule has 0 saturated heterocycles. The second-order valence-electron chi connectivity index (χ2n) is 6.73. The van der Waals surface area contributed by atoms with Gasteiger partial charge in [-0.25, -0.2) is 0 Å². The third-order valence-electron chi connectivity index (χ3n) is 4.61. The summed E-state index contributed by atoms with van der Waals surface area (Å²) in [5, 5.41) is 3.04. The van der Waals surface area contributed by atoms with Crippen LogP contribution in [0.15, 0.2) is 30.3 Å². The number of nitrogens with two attached hydrogens (primary N) is 1. The molecule has 0 bridgehead atoms. The van der Waals surface area contributed by atoms with Gasteiger partial charge in [-0.15, -0.1) is 0 Å². The van der Waals surface area contributed by atoms with Crippen LogP contribution >= 0.6 is 0 Å². The van der Waals surface area contributed by atoms with Gasteiger partial charge in [0.1, 0.15) is 0 Å². The molecular weight excluding hydrogens is 296 g/mol. The van der Waals surface area contributed by atoms with Crippen molar-refractivity contribution in [3.63, 3.8) is 0 Å². The van der Waals surface area contributed by atoms with E-state index in [0.717, 1.165) is 6.42 Å². The van der Waals surface area contributed by atoms with Crippen LogP contribution in [0, 0.1) is 0 Å². The fraction of sp³-hybridized carbons (Fsp3) is 0.667. The van der Waals surface area contributed by atoms with E-state index >= 15 is 0 Å². The highest BCUT2D eigenvalue weighted by Crippen LogP contribution is 2.13. The molecule has 136 valence electrons. The Morgan fingerprint density at radius 1 is 0.958 bits per heavy atom. The maximum Gasteiger partial charge on any atom is 0.220 e. The molecule has 1 amide bonds. The predicted molar refractivity (Wildman–Crippen MR) is 103 cm³/mol. The lowest BCUT2D eigenvalue weighted by Gasteiger charge is -2.16. The van der Waals surface area contributed by atoms with Crippen molar-refractivity contribution in [1.29, 1.82) is 0 Å². The topological polar surface area (TPSA) is 55.1 Å². The molecule has 1 aromatic carbocycles. The number of amides is 1. The summed E-state index contributed by atoms with van der Waals surface area (Å²) in [5.74, 6) is 0.366. The Hall–Kier alpha value is -1.35. The van der Waals surface area contributed by atoms with Crippen molar-refractivity contribution in [3.8, 4) is 0 Å². The van der Waals surface area contributed by atoms with Crippen LogP contribution in [0.4, 0.5) is 0 Å². The molecule has 0 aliphatic rings. The molecule has 0 radical (unpaired) electrons. The smallest absolute Gasteiger partial charge is 0.220 e. The Kier molecular flexibility index (Phi) is 12.1. The molecule has 0 spiro atoms. The fourth-order valence-corrected chi connectivity index (χ4v) is 2.98. The largest absolute Gasteiger partial charge is 0.355 e. The lowest BCUT2D eigenvalue weighted by Crippen LogP contribution is -2.31. The van der Waals surface area contributed by atoms with Gasteiger partial charge >= 0.3 is 0 Å². The number of hydrogen-bond acceptors (Lipinski definition) is 2. The molecule has 1 unspecified atom stereocenters. The van der Waals surface area contributed by atoms with E-state index in [4.69, 9.17) is 5.73 Å². The summed E-state index contributed by atoms with van der Waals surface area (Å²) < 4.78 is 0. The van der Waals surface area contributed by atoms with E-state index in [1.54, 1.807) is 0 Å². The first kappa shape index (κ1) is 20.7. The standard InChI is InChI=1S/C21H36N2O/c1-2-3-4-5-6-7-8-9-13-16-21(24)23-18-20(17-22)19-14-11-10-12-15-19/h10-12,14-15,20H,2-9,13,16-18,22H2,1H3,(H,23,24). The van der Waals surface area contributed by atoms with Gasteiger partial charge in [-0.1, -0.05) is 88.6 Å². The van der Waals surface area contributed by atoms with Crippen molar-refractivity contribution in [2.45, 2.75) is 77.0 Å². The molecule has 1 atom stereocenters. The summed E-state index contributed by atoms with van der Waals surface area (Å²) in [4.78, 5) is 11.9. The molecule has 3 nitrogen and oxygen atoms in total. The molecule has 0 heterocycles. The number of carbonyl (C=O) groups is 1. The molecule has 1 rings (SSSR count). The van der Waals surface area contributed by atoms with Gasteiger partial charge in [0, 0.05) is 25.4 Å².